The number of hydrogen-bond donors (Lipinski definition) is 2. The van der Waals surface area contributed by atoms with Gasteiger partial charge in [0.05, 0.1) is 6.54 Å². The monoisotopic (exact) mass is 308 g/mol. The second-order valence-electron chi connectivity index (χ2n) is 4.56. The van der Waals surface area contributed by atoms with Crippen LogP contribution in [0.4, 0.5) is 0 Å². The topological polar surface area (TPSA) is 86.7 Å². The summed E-state index contributed by atoms with van der Waals surface area (Å²) in [6.45, 7) is 0.198. The third-order valence-electron chi connectivity index (χ3n) is 3.17. The second-order valence-corrected chi connectivity index (χ2v) is 5.71. The molecule has 1 heterocycles. The summed E-state index contributed by atoms with van der Waals surface area (Å²) in [5, 5.41) is 11.6. The number of carboxylic acids is 1. The maximum Gasteiger partial charge on any atom is 0.327 e. The Hall–Kier alpha value is -2.02. The molecule has 112 valence electrons. The van der Waals surface area contributed by atoms with Gasteiger partial charge in [-0.25, -0.2) is 4.79 Å². The largest absolute Gasteiger partial charge is 0.480 e. The lowest BCUT2D eigenvalue weighted by atomic mass is 10.2. The molecule has 0 saturated carbocycles. The lowest BCUT2D eigenvalue weighted by Gasteiger charge is -2.32. The highest BCUT2D eigenvalue weighted by Crippen LogP contribution is 2.16. The average Bonchev–Trinajstić information content (AvgIpc) is 2.53. The smallest absolute Gasteiger partial charge is 0.327 e. The molecule has 1 aromatic rings. The van der Waals surface area contributed by atoms with Crippen molar-refractivity contribution < 1.29 is 19.5 Å². The predicted octanol–water partition coefficient (Wildman–Crippen LogP) is 0.445. The fourth-order valence-corrected chi connectivity index (χ4v) is 3.09. The van der Waals surface area contributed by atoms with Gasteiger partial charge in [0.2, 0.25) is 5.91 Å². The summed E-state index contributed by atoms with van der Waals surface area (Å²) in [6, 6.07) is 7.75. The molecule has 6 nitrogen and oxygen atoms in total. The first-order valence-electron chi connectivity index (χ1n) is 6.53. The second kappa shape index (κ2) is 7.12. The average molecular weight is 308 g/mol. The Bertz CT molecular complexity index is 535. The van der Waals surface area contributed by atoms with Crippen LogP contribution in [0, 0.1) is 0 Å². The van der Waals surface area contributed by atoms with Crippen LogP contribution in [0.25, 0.3) is 0 Å². The van der Waals surface area contributed by atoms with E-state index in [1.54, 1.807) is 30.3 Å². The van der Waals surface area contributed by atoms with Crippen molar-refractivity contribution in [3.05, 3.63) is 35.9 Å². The lowest BCUT2D eigenvalue weighted by molar-refractivity contribution is -0.148. The Labute approximate surface area is 126 Å². The van der Waals surface area contributed by atoms with Crippen LogP contribution in [0.3, 0.4) is 0 Å². The van der Waals surface area contributed by atoms with Crippen molar-refractivity contribution >= 4 is 29.5 Å². The van der Waals surface area contributed by atoms with Crippen LogP contribution in [-0.2, 0) is 9.59 Å². The standard InChI is InChI=1S/C14H16N2O4S/c17-12(16-6-7-21-9-11(16)14(19)20)8-15-13(18)10-4-2-1-3-5-10/h1-5,11H,6-9H2,(H,15,18)(H,19,20). The van der Waals surface area contributed by atoms with Crippen LogP contribution >= 0.6 is 11.8 Å². The quantitative estimate of drug-likeness (QED) is 0.843. The third-order valence-corrected chi connectivity index (χ3v) is 4.19. The van der Waals surface area contributed by atoms with Crippen molar-refractivity contribution in [3.8, 4) is 0 Å². The van der Waals surface area contributed by atoms with Gasteiger partial charge in [0, 0.05) is 23.6 Å². The van der Waals surface area contributed by atoms with Crippen LogP contribution in [0.15, 0.2) is 30.3 Å². The first-order valence-corrected chi connectivity index (χ1v) is 7.68. The Kier molecular flexibility index (Phi) is 5.21. The van der Waals surface area contributed by atoms with E-state index < -0.39 is 12.0 Å². The van der Waals surface area contributed by atoms with E-state index in [9.17, 15) is 14.4 Å². The highest BCUT2D eigenvalue weighted by Gasteiger charge is 2.32. The number of amides is 2. The summed E-state index contributed by atoms with van der Waals surface area (Å²) in [7, 11) is 0. The maximum atomic E-state index is 12.1. The van der Waals surface area contributed by atoms with Gasteiger partial charge in [0.15, 0.2) is 0 Å². The molecule has 1 fully saturated rings. The van der Waals surface area contributed by atoms with Crippen molar-refractivity contribution in [2.45, 2.75) is 6.04 Å². The summed E-state index contributed by atoms with van der Waals surface area (Å²) in [6.07, 6.45) is 0. The van der Waals surface area contributed by atoms with Gasteiger partial charge in [-0.3, -0.25) is 9.59 Å². The van der Waals surface area contributed by atoms with E-state index in [4.69, 9.17) is 5.11 Å². The zero-order chi connectivity index (χ0) is 15.2. The number of hydrogen-bond acceptors (Lipinski definition) is 4. The van der Waals surface area contributed by atoms with Gasteiger partial charge < -0.3 is 15.3 Å². The maximum absolute atomic E-state index is 12.1. The number of aliphatic carboxylic acids is 1. The summed E-state index contributed by atoms with van der Waals surface area (Å²) in [5.41, 5.74) is 0.467. The molecule has 7 heteroatoms. The van der Waals surface area contributed by atoms with Gasteiger partial charge in [0.25, 0.3) is 5.91 Å². The summed E-state index contributed by atoms with van der Waals surface area (Å²) in [4.78, 5) is 36.4. The number of carbonyl (C=O) groups is 3. The first-order chi connectivity index (χ1) is 10.1. The predicted molar refractivity (Wildman–Crippen MR) is 79.2 cm³/mol. The number of benzene rings is 1. The molecule has 0 spiro atoms. The van der Waals surface area contributed by atoms with E-state index in [1.807, 2.05) is 0 Å². The van der Waals surface area contributed by atoms with E-state index in [1.165, 1.54) is 16.7 Å². The fourth-order valence-electron chi connectivity index (χ4n) is 2.06. The van der Waals surface area contributed by atoms with Crippen molar-refractivity contribution in [2.75, 3.05) is 24.6 Å². The zero-order valence-corrected chi connectivity index (χ0v) is 12.1. The van der Waals surface area contributed by atoms with Gasteiger partial charge in [-0.05, 0) is 12.1 Å². The molecule has 0 aliphatic carbocycles. The molecule has 0 bridgehead atoms. The van der Waals surface area contributed by atoms with Gasteiger partial charge in [-0.15, -0.1) is 0 Å². The van der Waals surface area contributed by atoms with Crippen molar-refractivity contribution in [1.82, 2.24) is 10.2 Å². The van der Waals surface area contributed by atoms with Crippen molar-refractivity contribution in [3.63, 3.8) is 0 Å². The molecule has 0 radical (unpaired) electrons. The summed E-state index contributed by atoms with van der Waals surface area (Å²) >= 11 is 1.51. The Morgan fingerprint density at radius 3 is 2.67 bits per heavy atom. The Balaban J connectivity index is 1.92. The molecule has 1 unspecified atom stereocenters. The minimum Gasteiger partial charge on any atom is -0.480 e. The Morgan fingerprint density at radius 2 is 2.00 bits per heavy atom. The van der Waals surface area contributed by atoms with Gasteiger partial charge >= 0.3 is 5.97 Å². The van der Waals surface area contributed by atoms with Crippen LogP contribution in [-0.4, -0.2) is 58.4 Å². The van der Waals surface area contributed by atoms with Crippen molar-refractivity contribution in [2.24, 2.45) is 0 Å². The molecule has 2 N–H and O–H groups in total. The molecule has 1 atom stereocenters. The van der Waals surface area contributed by atoms with Crippen LogP contribution in [0.5, 0.6) is 0 Å². The van der Waals surface area contributed by atoms with Crippen LogP contribution in [0.1, 0.15) is 10.4 Å². The SMILES string of the molecule is O=C(NCC(=O)N1CCSCC1C(=O)O)c1ccccc1. The summed E-state index contributed by atoms with van der Waals surface area (Å²) < 4.78 is 0. The van der Waals surface area contributed by atoms with Gasteiger partial charge in [-0.2, -0.15) is 11.8 Å². The molecule has 1 aliphatic rings. The van der Waals surface area contributed by atoms with E-state index in [0.717, 1.165) is 0 Å². The Morgan fingerprint density at radius 1 is 1.29 bits per heavy atom. The molecule has 1 saturated heterocycles. The fraction of sp³-hybridized carbons (Fsp3) is 0.357. The highest BCUT2D eigenvalue weighted by atomic mass is 32.2. The number of nitrogens with one attached hydrogen (secondary N) is 1. The molecule has 21 heavy (non-hydrogen) atoms. The van der Waals surface area contributed by atoms with Crippen molar-refractivity contribution in [1.29, 1.82) is 0 Å². The van der Waals surface area contributed by atoms with E-state index >= 15 is 0 Å². The normalized spacial score (nSPS) is 18.1. The molecular formula is C14H16N2O4S. The van der Waals surface area contributed by atoms with Gasteiger partial charge in [-0.1, -0.05) is 18.2 Å². The molecule has 1 aromatic carbocycles. The number of nitrogens with zero attached hydrogens (tertiary/aromatic N) is 1. The van der Waals surface area contributed by atoms with E-state index in [0.29, 0.717) is 23.6 Å². The zero-order valence-electron chi connectivity index (χ0n) is 11.3. The molecule has 0 aromatic heterocycles. The molecule has 2 amide bonds. The molecule has 2 rings (SSSR count). The number of carbonyl (C=O) groups excluding carboxylic acids is 2. The number of carboxylic acid groups (broad SMARTS) is 1. The minimum atomic E-state index is -1.01. The first kappa shape index (κ1) is 15.4. The van der Waals surface area contributed by atoms with E-state index in [2.05, 4.69) is 5.32 Å². The minimum absolute atomic E-state index is 0.192. The summed E-state index contributed by atoms with van der Waals surface area (Å²) in [5.74, 6) is -0.630. The number of rotatable bonds is 4. The van der Waals surface area contributed by atoms with Crippen LogP contribution in [0.2, 0.25) is 0 Å². The number of thioether (sulfide) groups is 1. The third kappa shape index (κ3) is 3.98. The molecule has 1 aliphatic heterocycles. The lowest BCUT2D eigenvalue weighted by Crippen LogP contribution is -2.53. The van der Waals surface area contributed by atoms with Crippen LogP contribution < -0.4 is 5.32 Å². The molecular weight excluding hydrogens is 292 g/mol. The van der Waals surface area contributed by atoms with E-state index in [-0.39, 0.29) is 18.4 Å². The van der Waals surface area contributed by atoms with Gasteiger partial charge in [0.1, 0.15) is 6.04 Å². The highest BCUT2D eigenvalue weighted by molar-refractivity contribution is 7.99.